The molecule has 0 heterocycles. The van der Waals surface area contributed by atoms with Crippen molar-refractivity contribution in [3.05, 3.63) is 102 Å². The number of hydrogen-bond donors (Lipinski definition) is 0. The SMILES string of the molecule is C.COc1ccc(C(c2ccccc2)(c2ccccc2)C(C)C)cc1. The first-order valence-electron chi connectivity index (χ1n) is 8.45. The van der Waals surface area contributed by atoms with Crippen molar-refractivity contribution in [1.82, 2.24) is 0 Å². The maximum Gasteiger partial charge on any atom is 0.118 e. The molecule has 0 bridgehead atoms. The third-order valence-electron chi connectivity index (χ3n) is 4.87. The lowest BCUT2D eigenvalue weighted by molar-refractivity contribution is 0.411. The van der Waals surface area contributed by atoms with Gasteiger partial charge in [0, 0.05) is 5.41 Å². The quantitative estimate of drug-likeness (QED) is 0.497. The van der Waals surface area contributed by atoms with Crippen LogP contribution in [0.1, 0.15) is 38.0 Å². The molecule has 3 aromatic carbocycles. The van der Waals surface area contributed by atoms with Crippen LogP contribution in [0.2, 0.25) is 0 Å². The lowest BCUT2D eigenvalue weighted by Crippen LogP contribution is -2.35. The molecule has 0 aliphatic rings. The molecular weight excluding hydrogens is 304 g/mol. The van der Waals surface area contributed by atoms with Gasteiger partial charge in [-0.05, 0) is 34.7 Å². The number of rotatable bonds is 5. The lowest BCUT2D eigenvalue weighted by atomic mass is 9.63. The summed E-state index contributed by atoms with van der Waals surface area (Å²) in [5, 5.41) is 0. The minimum Gasteiger partial charge on any atom is -0.497 e. The van der Waals surface area contributed by atoms with Crippen LogP contribution in [0.15, 0.2) is 84.9 Å². The zero-order valence-electron chi connectivity index (χ0n) is 14.6. The van der Waals surface area contributed by atoms with Crippen LogP contribution in [0, 0.1) is 5.92 Å². The third kappa shape index (κ3) is 3.32. The van der Waals surface area contributed by atoms with E-state index in [0.29, 0.717) is 5.92 Å². The van der Waals surface area contributed by atoms with Crippen LogP contribution in [-0.2, 0) is 5.41 Å². The molecule has 0 N–H and O–H groups in total. The van der Waals surface area contributed by atoms with Crippen molar-refractivity contribution >= 4 is 0 Å². The molecule has 0 aliphatic carbocycles. The minimum atomic E-state index is -0.186. The van der Waals surface area contributed by atoms with Gasteiger partial charge in [0.25, 0.3) is 0 Å². The Balaban J connectivity index is 0.00000225. The van der Waals surface area contributed by atoms with Crippen LogP contribution in [-0.4, -0.2) is 7.11 Å². The molecule has 0 saturated heterocycles. The molecule has 0 fully saturated rings. The average Bonchev–Trinajstić information content (AvgIpc) is 2.64. The standard InChI is InChI=1S/C23H24O.CH4/c1-18(2)23(19-10-6-4-7-11-19,20-12-8-5-9-13-20)21-14-16-22(24-3)17-15-21;/h4-18H,1-3H3;1H4. The predicted octanol–water partition coefficient (Wildman–Crippen LogP) is 6.32. The van der Waals surface area contributed by atoms with Crippen molar-refractivity contribution in [3.8, 4) is 5.75 Å². The average molecular weight is 332 g/mol. The molecule has 1 nitrogen and oxygen atoms in total. The molecule has 0 aliphatic heterocycles. The van der Waals surface area contributed by atoms with E-state index in [1.165, 1.54) is 16.7 Å². The highest BCUT2D eigenvalue weighted by Crippen LogP contribution is 2.45. The van der Waals surface area contributed by atoms with E-state index in [-0.39, 0.29) is 12.8 Å². The summed E-state index contributed by atoms with van der Waals surface area (Å²) in [5.74, 6) is 1.29. The first kappa shape index (κ1) is 18.8. The van der Waals surface area contributed by atoms with E-state index in [1.807, 2.05) is 0 Å². The summed E-state index contributed by atoms with van der Waals surface area (Å²) in [6.45, 7) is 4.59. The van der Waals surface area contributed by atoms with Crippen molar-refractivity contribution in [2.24, 2.45) is 5.92 Å². The Hall–Kier alpha value is -2.54. The van der Waals surface area contributed by atoms with Crippen molar-refractivity contribution in [1.29, 1.82) is 0 Å². The molecule has 3 rings (SSSR count). The van der Waals surface area contributed by atoms with Gasteiger partial charge >= 0.3 is 0 Å². The van der Waals surface area contributed by atoms with Crippen LogP contribution >= 0.6 is 0 Å². The number of methoxy groups -OCH3 is 1. The molecule has 25 heavy (non-hydrogen) atoms. The van der Waals surface area contributed by atoms with E-state index < -0.39 is 0 Å². The van der Waals surface area contributed by atoms with Crippen molar-refractivity contribution in [2.75, 3.05) is 7.11 Å². The summed E-state index contributed by atoms with van der Waals surface area (Å²) >= 11 is 0. The Labute approximate surface area is 152 Å². The van der Waals surface area contributed by atoms with E-state index in [1.54, 1.807) is 7.11 Å². The first-order chi connectivity index (χ1) is 11.7. The molecule has 0 saturated carbocycles. The van der Waals surface area contributed by atoms with Gasteiger partial charge in [0.2, 0.25) is 0 Å². The Morgan fingerprint density at radius 3 is 1.40 bits per heavy atom. The molecule has 3 aromatic rings. The van der Waals surface area contributed by atoms with E-state index in [4.69, 9.17) is 4.74 Å². The Kier molecular flexibility index (Phi) is 6.03. The van der Waals surface area contributed by atoms with Crippen molar-refractivity contribution in [3.63, 3.8) is 0 Å². The molecule has 0 radical (unpaired) electrons. The van der Waals surface area contributed by atoms with Crippen LogP contribution in [0.25, 0.3) is 0 Å². The Morgan fingerprint density at radius 2 is 1.04 bits per heavy atom. The van der Waals surface area contributed by atoms with E-state index >= 15 is 0 Å². The van der Waals surface area contributed by atoms with Gasteiger partial charge in [0.05, 0.1) is 7.11 Å². The minimum absolute atomic E-state index is 0. The Morgan fingerprint density at radius 1 is 0.640 bits per heavy atom. The van der Waals surface area contributed by atoms with Crippen LogP contribution in [0.4, 0.5) is 0 Å². The van der Waals surface area contributed by atoms with Gasteiger partial charge in [0.15, 0.2) is 0 Å². The van der Waals surface area contributed by atoms with Crippen LogP contribution in [0.5, 0.6) is 5.75 Å². The second kappa shape index (κ2) is 8.02. The summed E-state index contributed by atoms with van der Waals surface area (Å²) in [5.41, 5.74) is 3.73. The predicted molar refractivity (Wildman–Crippen MR) is 107 cm³/mol. The normalized spacial score (nSPS) is 11.0. The monoisotopic (exact) mass is 332 g/mol. The van der Waals surface area contributed by atoms with Crippen LogP contribution in [0.3, 0.4) is 0 Å². The van der Waals surface area contributed by atoms with Gasteiger partial charge < -0.3 is 4.74 Å². The van der Waals surface area contributed by atoms with Crippen LogP contribution < -0.4 is 4.74 Å². The summed E-state index contributed by atoms with van der Waals surface area (Å²) in [4.78, 5) is 0. The molecule has 0 unspecified atom stereocenters. The highest BCUT2D eigenvalue weighted by atomic mass is 16.5. The second-order valence-corrected chi connectivity index (χ2v) is 6.42. The molecule has 130 valence electrons. The third-order valence-corrected chi connectivity index (χ3v) is 4.87. The zero-order valence-corrected chi connectivity index (χ0v) is 14.6. The topological polar surface area (TPSA) is 9.23 Å². The van der Waals surface area contributed by atoms with Gasteiger partial charge in [-0.1, -0.05) is 94.1 Å². The lowest BCUT2D eigenvalue weighted by Gasteiger charge is -2.40. The molecule has 0 spiro atoms. The maximum absolute atomic E-state index is 5.35. The Bertz CT molecular complexity index is 719. The fourth-order valence-electron chi connectivity index (χ4n) is 3.76. The molecule has 1 heteroatoms. The summed E-state index contributed by atoms with van der Waals surface area (Å²) in [7, 11) is 1.71. The number of hydrogen-bond acceptors (Lipinski definition) is 1. The summed E-state index contributed by atoms with van der Waals surface area (Å²) < 4.78 is 5.35. The fraction of sp³-hybridized carbons (Fsp3) is 0.250. The zero-order chi connectivity index (χ0) is 17.0. The number of benzene rings is 3. The van der Waals surface area contributed by atoms with Gasteiger partial charge in [-0.2, -0.15) is 0 Å². The molecular formula is C24H28O. The molecule has 0 amide bonds. The highest BCUT2D eigenvalue weighted by molar-refractivity contribution is 5.51. The number of ether oxygens (including phenoxy) is 1. The van der Waals surface area contributed by atoms with Gasteiger partial charge in [0.1, 0.15) is 5.75 Å². The largest absolute Gasteiger partial charge is 0.497 e. The van der Waals surface area contributed by atoms with E-state index in [0.717, 1.165) is 5.75 Å². The smallest absolute Gasteiger partial charge is 0.118 e. The summed E-state index contributed by atoms with van der Waals surface area (Å²) in [6.07, 6.45) is 0. The fourth-order valence-corrected chi connectivity index (χ4v) is 3.76. The van der Waals surface area contributed by atoms with Gasteiger partial charge in [-0.25, -0.2) is 0 Å². The second-order valence-electron chi connectivity index (χ2n) is 6.42. The van der Waals surface area contributed by atoms with Gasteiger partial charge in [-0.15, -0.1) is 0 Å². The van der Waals surface area contributed by atoms with Gasteiger partial charge in [-0.3, -0.25) is 0 Å². The summed E-state index contributed by atoms with van der Waals surface area (Å²) in [6, 6.07) is 30.1. The van der Waals surface area contributed by atoms with Crippen molar-refractivity contribution in [2.45, 2.75) is 26.7 Å². The first-order valence-corrected chi connectivity index (χ1v) is 8.45. The molecule has 0 aromatic heterocycles. The highest BCUT2D eigenvalue weighted by Gasteiger charge is 2.39. The van der Waals surface area contributed by atoms with Crippen molar-refractivity contribution < 1.29 is 4.74 Å². The molecule has 0 atom stereocenters. The van der Waals surface area contributed by atoms with E-state index in [2.05, 4.69) is 98.8 Å². The van der Waals surface area contributed by atoms with E-state index in [9.17, 15) is 0 Å². The maximum atomic E-state index is 5.35.